The summed E-state index contributed by atoms with van der Waals surface area (Å²) in [5.74, 6) is 1.40. The molecule has 5 rings (SSSR count). The number of hydrogen-bond donors (Lipinski definition) is 1. The number of ether oxygens (including phenoxy) is 2. The Morgan fingerprint density at radius 1 is 1.17 bits per heavy atom. The van der Waals surface area contributed by atoms with Crippen molar-refractivity contribution in [2.75, 3.05) is 26.8 Å². The molecule has 2 aromatic carbocycles. The highest BCUT2D eigenvalue weighted by atomic mass is 16.8. The first kappa shape index (κ1) is 23.9. The van der Waals surface area contributed by atoms with Gasteiger partial charge in [0.05, 0.1) is 12.8 Å². The number of nitrogens with one attached hydrogen (secondary N) is 1. The van der Waals surface area contributed by atoms with Gasteiger partial charge in [-0.3, -0.25) is 10.4 Å². The molecule has 2 aliphatic rings. The smallest absolute Gasteiger partial charge is 0.183 e. The lowest BCUT2D eigenvalue weighted by atomic mass is 9.93. The summed E-state index contributed by atoms with van der Waals surface area (Å²) in [6, 6.07) is 15.1. The summed E-state index contributed by atoms with van der Waals surface area (Å²) in [6.07, 6.45) is 2.95. The number of fused-ring (bicyclic) bond motifs is 3. The SMILES string of the molecule is C=C(NOC1CCCCO1)c1ccc(Cn2c3c(c4cc(OC)ccc42)C(C)CN(CC)C3)cc1. The van der Waals surface area contributed by atoms with Crippen molar-refractivity contribution in [1.82, 2.24) is 14.9 Å². The molecule has 6 nitrogen and oxygen atoms in total. The third kappa shape index (κ3) is 4.96. The lowest BCUT2D eigenvalue weighted by molar-refractivity contribution is -0.184. The van der Waals surface area contributed by atoms with Crippen LogP contribution in [-0.4, -0.2) is 42.6 Å². The van der Waals surface area contributed by atoms with E-state index in [2.05, 4.69) is 77.8 Å². The van der Waals surface area contributed by atoms with Gasteiger partial charge in [0.15, 0.2) is 6.29 Å². The summed E-state index contributed by atoms with van der Waals surface area (Å²) >= 11 is 0. The fourth-order valence-electron chi connectivity index (χ4n) is 5.43. The van der Waals surface area contributed by atoms with Crippen molar-refractivity contribution in [2.24, 2.45) is 0 Å². The predicted octanol–water partition coefficient (Wildman–Crippen LogP) is 5.66. The minimum absolute atomic E-state index is 0.198. The van der Waals surface area contributed by atoms with E-state index in [9.17, 15) is 0 Å². The fraction of sp³-hybridized carbons (Fsp3) is 0.448. The highest BCUT2D eigenvalue weighted by molar-refractivity contribution is 5.88. The molecule has 0 amide bonds. The molecule has 6 heteroatoms. The van der Waals surface area contributed by atoms with Gasteiger partial charge in [-0.15, -0.1) is 0 Å². The van der Waals surface area contributed by atoms with E-state index in [1.54, 1.807) is 7.11 Å². The van der Waals surface area contributed by atoms with Crippen LogP contribution in [0, 0.1) is 0 Å². The summed E-state index contributed by atoms with van der Waals surface area (Å²) in [5.41, 5.74) is 10.2. The summed E-state index contributed by atoms with van der Waals surface area (Å²) in [5, 5.41) is 1.32. The molecule has 1 aromatic heterocycles. The van der Waals surface area contributed by atoms with E-state index < -0.39 is 0 Å². The first-order chi connectivity index (χ1) is 17.1. The summed E-state index contributed by atoms with van der Waals surface area (Å²) < 4.78 is 13.7. The zero-order valence-corrected chi connectivity index (χ0v) is 21.2. The van der Waals surface area contributed by atoms with Gasteiger partial charge in [0, 0.05) is 49.3 Å². The molecule has 1 fully saturated rings. The van der Waals surface area contributed by atoms with Gasteiger partial charge in [0.2, 0.25) is 0 Å². The second-order valence-electron chi connectivity index (χ2n) is 9.75. The maximum absolute atomic E-state index is 5.68. The molecule has 1 saturated heterocycles. The fourth-order valence-corrected chi connectivity index (χ4v) is 5.43. The Hall–Kier alpha value is -2.80. The van der Waals surface area contributed by atoms with Gasteiger partial charge in [-0.25, -0.2) is 4.84 Å². The Kier molecular flexibility index (Phi) is 7.14. The third-order valence-electron chi connectivity index (χ3n) is 7.36. The van der Waals surface area contributed by atoms with Crippen molar-refractivity contribution < 1.29 is 14.3 Å². The van der Waals surface area contributed by atoms with Crippen LogP contribution in [0.15, 0.2) is 49.0 Å². The van der Waals surface area contributed by atoms with Crippen LogP contribution < -0.4 is 10.2 Å². The normalized spacial score (nSPS) is 20.5. The molecule has 2 atom stereocenters. The van der Waals surface area contributed by atoms with Gasteiger partial charge in [0.1, 0.15) is 5.75 Å². The Morgan fingerprint density at radius 2 is 2.00 bits per heavy atom. The highest BCUT2D eigenvalue weighted by Crippen LogP contribution is 2.38. The molecule has 0 spiro atoms. The van der Waals surface area contributed by atoms with E-state index in [0.29, 0.717) is 5.92 Å². The maximum atomic E-state index is 5.68. The number of aromatic nitrogens is 1. The molecular weight excluding hydrogens is 438 g/mol. The van der Waals surface area contributed by atoms with Crippen LogP contribution in [0.25, 0.3) is 16.6 Å². The number of benzene rings is 2. The molecule has 0 aliphatic carbocycles. The number of methoxy groups -OCH3 is 1. The largest absolute Gasteiger partial charge is 0.497 e. The first-order valence-electron chi connectivity index (χ1n) is 12.8. The monoisotopic (exact) mass is 475 g/mol. The highest BCUT2D eigenvalue weighted by Gasteiger charge is 2.28. The zero-order valence-electron chi connectivity index (χ0n) is 21.2. The zero-order chi connectivity index (χ0) is 24.4. The van der Waals surface area contributed by atoms with Gasteiger partial charge in [-0.1, -0.05) is 44.7 Å². The first-order valence-corrected chi connectivity index (χ1v) is 12.8. The van der Waals surface area contributed by atoms with E-state index in [0.717, 1.165) is 69.1 Å². The average molecular weight is 476 g/mol. The molecule has 0 radical (unpaired) electrons. The van der Waals surface area contributed by atoms with E-state index in [1.165, 1.54) is 27.7 Å². The molecule has 2 unspecified atom stereocenters. The van der Waals surface area contributed by atoms with Crippen LogP contribution in [0.3, 0.4) is 0 Å². The Morgan fingerprint density at radius 3 is 2.71 bits per heavy atom. The van der Waals surface area contributed by atoms with E-state index in [4.69, 9.17) is 14.3 Å². The van der Waals surface area contributed by atoms with Gasteiger partial charge < -0.3 is 14.0 Å². The molecule has 0 saturated carbocycles. The Balaban J connectivity index is 1.38. The van der Waals surface area contributed by atoms with Gasteiger partial charge in [-0.2, -0.15) is 0 Å². The lowest BCUT2D eigenvalue weighted by Gasteiger charge is -2.31. The molecule has 3 heterocycles. The predicted molar refractivity (Wildman–Crippen MR) is 140 cm³/mol. The quantitative estimate of drug-likeness (QED) is 0.426. The van der Waals surface area contributed by atoms with E-state index in [-0.39, 0.29) is 6.29 Å². The molecule has 35 heavy (non-hydrogen) atoms. The van der Waals surface area contributed by atoms with Gasteiger partial charge >= 0.3 is 0 Å². The number of nitrogens with zero attached hydrogens (tertiary/aromatic N) is 2. The van der Waals surface area contributed by atoms with E-state index in [1.807, 2.05) is 0 Å². The molecule has 3 aromatic rings. The number of hydrogen-bond acceptors (Lipinski definition) is 5. The van der Waals surface area contributed by atoms with Crippen LogP contribution in [-0.2, 0) is 22.7 Å². The average Bonchev–Trinajstić information content (AvgIpc) is 3.21. The standard InChI is InChI=1S/C29H37N3O3/c1-5-31-17-20(2)29-25-16-24(33-4)13-14-26(25)32(27(29)19-31)18-22-9-11-23(12-10-22)21(3)30-35-28-8-6-7-15-34-28/h9-14,16,20,28,30H,3,5-8,15,17-19H2,1-2,4H3. The van der Waals surface area contributed by atoms with Crippen molar-refractivity contribution in [3.05, 3.63) is 71.4 Å². The topological polar surface area (TPSA) is 47.9 Å². The van der Waals surface area contributed by atoms with Crippen LogP contribution in [0.2, 0.25) is 0 Å². The van der Waals surface area contributed by atoms with Crippen molar-refractivity contribution in [1.29, 1.82) is 0 Å². The van der Waals surface area contributed by atoms with Crippen molar-refractivity contribution in [3.8, 4) is 5.75 Å². The van der Waals surface area contributed by atoms with Crippen molar-refractivity contribution in [2.45, 2.75) is 58.4 Å². The maximum Gasteiger partial charge on any atom is 0.183 e. The summed E-state index contributed by atoms with van der Waals surface area (Å²) in [7, 11) is 1.74. The number of hydroxylamine groups is 1. The van der Waals surface area contributed by atoms with Gasteiger partial charge in [-0.05, 0) is 60.2 Å². The van der Waals surface area contributed by atoms with Crippen molar-refractivity contribution in [3.63, 3.8) is 0 Å². The van der Waals surface area contributed by atoms with Crippen LogP contribution in [0.1, 0.15) is 61.4 Å². The summed E-state index contributed by atoms with van der Waals surface area (Å²) in [4.78, 5) is 8.22. The summed E-state index contributed by atoms with van der Waals surface area (Å²) in [6.45, 7) is 13.5. The molecular formula is C29H37N3O3. The molecule has 2 aliphatic heterocycles. The second-order valence-corrected chi connectivity index (χ2v) is 9.75. The number of likely N-dealkylation sites (N-methyl/N-ethyl adjacent to an activating group) is 1. The number of rotatable bonds is 8. The van der Waals surface area contributed by atoms with Crippen LogP contribution in [0.4, 0.5) is 0 Å². The van der Waals surface area contributed by atoms with Crippen molar-refractivity contribution >= 4 is 16.6 Å². The molecule has 186 valence electrons. The molecule has 1 N–H and O–H groups in total. The minimum atomic E-state index is -0.198. The third-order valence-corrected chi connectivity index (χ3v) is 7.36. The molecule has 0 bridgehead atoms. The van der Waals surface area contributed by atoms with Crippen LogP contribution in [0.5, 0.6) is 5.75 Å². The van der Waals surface area contributed by atoms with Gasteiger partial charge in [0.25, 0.3) is 0 Å². The minimum Gasteiger partial charge on any atom is -0.497 e. The Bertz CT molecular complexity index is 1180. The van der Waals surface area contributed by atoms with Crippen LogP contribution >= 0.6 is 0 Å². The van der Waals surface area contributed by atoms with E-state index >= 15 is 0 Å². The Labute approximate surface area is 208 Å². The second kappa shape index (κ2) is 10.4. The lowest BCUT2D eigenvalue weighted by Crippen LogP contribution is -2.33.